The summed E-state index contributed by atoms with van der Waals surface area (Å²) in [7, 11) is -4.76. The molecule has 2 bridgehead atoms. The fourth-order valence-corrected chi connectivity index (χ4v) is 11.7. The van der Waals surface area contributed by atoms with Crippen molar-refractivity contribution in [3.8, 4) is 0 Å². The molecule has 5 rings (SSSR count). The molecule has 0 saturated carbocycles. The van der Waals surface area contributed by atoms with Crippen molar-refractivity contribution in [1.82, 2.24) is 14.6 Å². The summed E-state index contributed by atoms with van der Waals surface area (Å²) in [6.45, 7) is 10.5. The van der Waals surface area contributed by atoms with E-state index in [0.29, 0.717) is 0 Å². The molecule has 18 N–H and O–H groups in total. The Balaban J connectivity index is 0.000000630. The lowest BCUT2D eigenvalue weighted by molar-refractivity contribution is -0.310. The van der Waals surface area contributed by atoms with E-state index in [0.717, 1.165) is 24.2 Å². The smallest absolute Gasteiger partial charge is 0.362 e. The normalized spacial score (nSPS) is 36.6. The van der Waals surface area contributed by atoms with Crippen molar-refractivity contribution in [2.24, 2.45) is 28.6 Å². The number of anilines is 1. The summed E-state index contributed by atoms with van der Waals surface area (Å²) in [4.78, 5) is 69.5. The van der Waals surface area contributed by atoms with Gasteiger partial charge < -0.3 is 102 Å². The maximum Gasteiger partial charge on any atom is 0.362 e. The maximum absolute atomic E-state index is 12.6. The highest BCUT2D eigenvalue weighted by Gasteiger charge is 2.53. The molecule has 0 aromatic carbocycles. The van der Waals surface area contributed by atoms with Gasteiger partial charge >= 0.3 is 28.2 Å². The van der Waals surface area contributed by atoms with Crippen LogP contribution in [0.3, 0.4) is 0 Å². The van der Waals surface area contributed by atoms with E-state index in [1.54, 1.807) is 38.2 Å². The molecule has 21 atom stereocenters. The number of thiazole rings is 1. The number of carbonyl (C=O) groups excluding carboxylic acids is 3. The van der Waals surface area contributed by atoms with Crippen LogP contribution in [0.5, 0.6) is 0 Å². The molecule has 97 heavy (non-hydrogen) atoms. The number of carboxylic acids is 2. The van der Waals surface area contributed by atoms with Crippen molar-refractivity contribution in [3.63, 3.8) is 0 Å². The van der Waals surface area contributed by atoms with E-state index in [1.807, 2.05) is 49.5 Å². The molecule has 1 aromatic rings. The molecular formula is C61H93BrCl2N6O25S2. The molecule has 4 aliphatic heterocycles. The average Bonchev–Trinajstić information content (AvgIpc) is 1.12. The summed E-state index contributed by atoms with van der Waals surface area (Å²) in [6, 6.07) is -3.46. The number of aliphatic hydroxyl groups excluding tert-OH is 9. The largest absolute Gasteiger partial charge is 0.481 e. The van der Waals surface area contributed by atoms with Gasteiger partial charge in [-0.25, -0.2) is 14.1 Å². The highest BCUT2D eigenvalue weighted by Crippen LogP contribution is 2.38. The number of nitrogens with zero attached hydrogens (tertiary/aromatic N) is 3. The number of fused-ring (bicyclic) bond motifs is 2. The van der Waals surface area contributed by atoms with Crippen molar-refractivity contribution >= 4 is 101 Å². The van der Waals surface area contributed by atoms with Gasteiger partial charge in [0.1, 0.15) is 29.9 Å². The van der Waals surface area contributed by atoms with Crippen LogP contribution in [0.1, 0.15) is 118 Å². The molecule has 4 aliphatic rings. The maximum atomic E-state index is 12.6. The van der Waals surface area contributed by atoms with Crippen LogP contribution >= 0.6 is 50.5 Å². The first-order valence-corrected chi connectivity index (χ1v) is 34.9. The molecule has 3 fully saturated rings. The predicted molar refractivity (Wildman–Crippen MR) is 357 cm³/mol. The number of esters is 1. The van der Waals surface area contributed by atoms with E-state index < -0.39 is 196 Å². The second kappa shape index (κ2) is 40.5. The van der Waals surface area contributed by atoms with Gasteiger partial charge in [-0.15, -0.1) is 11.3 Å². The number of rotatable bonds is 10. The number of ether oxygens (including phenoxy) is 4. The molecule has 5 heterocycles. The predicted octanol–water partition coefficient (Wildman–Crippen LogP) is 1.91. The quantitative estimate of drug-likeness (QED) is 0.0397. The lowest BCUT2D eigenvalue weighted by atomic mass is 9.82. The number of allylic oxidation sites excluding steroid dienone is 10. The summed E-state index contributed by atoms with van der Waals surface area (Å²) in [5.74, 6) is -10.2. The van der Waals surface area contributed by atoms with E-state index in [9.17, 15) is 88.6 Å². The third-order valence-corrected chi connectivity index (χ3v) is 17.7. The minimum Gasteiger partial charge on any atom is -0.481 e. The van der Waals surface area contributed by atoms with Gasteiger partial charge in [0.05, 0.1) is 85.6 Å². The Kier molecular flexibility index (Phi) is 36.1. The van der Waals surface area contributed by atoms with E-state index in [-0.39, 0.29) is 53.2 Å². The number of aliphatic carboxylic acids is 2. The van der Waals surface area contributed by atoms with Crippen LogP contribution in [0.15, 0.2) is 83.4 Å². The number of hydrogen-bond acceptors (Lipinski definition) is 27. The summed E-state index contributed by atoms with van der Waals surface area (Å²) >= 11 is 13.7. The van der Waals surface area contributed by atoms with Crippen molar-refractivity contribution in [2.45, 2.75) is 232 Å². The van der Waals surface area contributed by atoms with E-state index in [4.69, 9.17) is 68.1 Å². The minimum absolute atomic E-state index is 0.0350. The molecular weight excluding hydrogens is 1430 g/mol. The first-order chi connectivity index (χ1) is 45.1. The molecule has 0 aliphatic carbocycles. The number of amides is 2. The third-order valence-electron chi connectivity index (χ3n) is 16.0. The number of carbonyl (C=O) groups is 5. The molecule has 2 amide bonds. The van der Waals surface area contributed by atoms with Gasteiger partial charge in [-0.1, -0.05) is 131 Å². The molecule has 0 unspecified atom stereocenters. The number of alkyl halides is 3. The van der Waals surface area contributed by atoms with Gasteiger partial charge in [-0.3, -0.25) is 23.7 Å². The Labute approximate surface area is 584 Å². The highest BCUT2D eigenvalue weighted by molar-refractivity contribution is 9.10. The fraction of sp³-hybridized carbons (Fsp3) is 0.656. The Bertz CT molecular complexity index is 3030. The SMILES string of the molecule is C[C@@H]1[C@H](O)[C@@H](C)/C=C/C=C/CC/C=C/C=C/C=C/C=C/[C@H](O[C@@H]2O[C@H](C)[C@@H](O)[C@H](N)[C@@H]2O)C[C@@H]2O[C@](O)(C[C@@H](O)[C@H](O)CC[C@@H](O)C[C@@H](O)C[C@@H](O)CC(=O)O[C@H]1C)C[C@H](O)[C@H]2C(=O)O.C[C@H]1[C@H](NC(=O)/C(=N\OC(C)(C)C(=O)O)c2csc(N)n2)C(=O)N1S(=O)(=O)O.ClC(Cl)Br. The molecule has 550 valence electrons. The number of nitrogens with one attached hydrogen (secondary N) is 1. The number of hydrogen-bond donors (Lipinski definition) is 16. The van der Waals surface area contributed by atoms with Gasteiger partial charge in [0, 0.05) is 36.5 Å². The number of carboxylic acid groups (broad SMARTS) is 2. The zero-order valence-electron chi connectivity index (χ0n) is 54.4. The number of aliphatic hydroxyl groups is 10. The van der Waals surface area contributed by atoms with Gasteiger partial charge in [0.25, 0.3) is 11.8 Å². The lowest BCUT2D eigenvalue weighted by Gasteiger charge is -2.45. The van der Waals surface area contributed by atoms with Crippen molar-refractivity contribution in [2.75, 3.05) is 5.73 Å². The summed E-state index contributed by atoms with van der Waals surface area (Å²) in [5.41, 5.74) is 9.28. The van der Waals surface area contributed by atoms with Crippen LogP contribution in [0.2, 0.25) is 0 Å². The Morgan fingerprint density at radius 1 is 0.814 bits per heavy atom. The number of halogens is 3. The van der Waals surface area contributed by atoms with Crippen LogP contribution in [0.4, 0.5) is 5.13 Å². The number of aromatic nitrogens is 1. The molecule has 0 radical (unpaired) electrons. The number of cyclic esters (lactones) is 1. The van der Waals surface area contributed by atoms with Crippen LogP contribution in [0, 0.1) is 17.8 Å². The second-order valence-corrected chi connectivity index (χ2v) is 29.6. The zero-order chi connectivity index (χ0) is 73.4. The Morgan fingerprint density at radius 3 is 1.95 bits per heavy atom. The first kappa shape index (κ1) is 86.3. The van der Waals surface area contributed by atoms with Gasteiger partial charge in [0.15, 0.2) is 26.7 Å². The molecule has 1 aromatic heterocycles. The van der Waals surface area contributed by atoms with E-state index >= 15 is 0 Å². The zero-order valence-corrected chi connectivity index (χ0v) is 59.1. The molecule has 3 saturated heterocycles. The van der Waals surface area contributed by atoms with Crippen LogP contribution in [-0.4, -0.2) is 238 Å². The van der Waals surface area contributed by atoms with Crippen LogP contribution < -0.4 is 16.8 Å². The van der Waals surface area contributed by atoms with E-state index in [1.165, 1.54) is 39.2 Å². The molecule has 31 nitrogen and oxygen atoms in total. The van der Waals surface area contributed by atoms with Crippen molar-refractivity contribution < 1.29 is 122 Å². The Morgan fingerprint density at radius 2 is 1.38 bits per heavy atom. The topological polar surface area (TPSA) is 521 Å². The molecule has 0 spiro atoms. The van der Waals surface area contributed by atoms with Crippen LogP contribution in [0.25, 0.3) is 0 Å². The number of β-lactam (4-membered cyclic amide) rings is 1. The van der Waals surface area contributed by atoms with Crippen molar-refractivity contribution in [1.29, 1.82) is 0 Å². The monoisotopic (exact) mass is 1520 g/mol. The van der Waals surface area contributed by atoms with Crippen LogP contribution in [-0.2, 0) is 58.1 Å². The van der Waals surface area contributed by atoms with Gasteiger partial charge in [-0.05, 0) is 73.1 Å². The number of nitrogen functional groups attached to an aromatic ring is 1. The summed E-state index contributed by atoms with van der Waals surface area (Å²) in [5, 5.41) is 135. The second-order valence-electron chi connectivity index (χ2n) is 24.3. The Hall–Kier alpha value is -4.90. The number of nitrogens with two attached hydrogens (primary N) is 2. The minimum atomic E-state index is -4.76. The highest BCUT2D eigenvalue weighted by atomic mass is 79.9. The van der Waals surface area contributed by atoms with E-state index in [2.05, 4.69) is 31.4 Å². The number of oxime groups is 1. The average molecular weight is 1530 g/mol. The third kappa shape index (κ3) is 28.6. The summed E-state index contributed by atoms with van der Waals surface area (Å²) in [6.07, 6.45) is 2.28. The molecule has 36 heteroatoms. The van der Waals surface area contributed by atoms with Crippen molar-refractivity contribution in [3.05, 3.63) is 84.0 Å². The van der Waals surface area contributed by atoms with Gasteiger partial charge in [0.2, 0.25) is 5.60 Å². The lowest BCUT2D eigenvalue weighted by Crippen LogP contribution is -2.71. The fourth-order valence-electron chi connectivity index (χ4n) is 10.2. The first-order valence-electron chi connectivity index (χ1n) is 30.9. The summed E-state index contributed by atoms with van der Waals surface area (Å²) < 4.78 is 54.2. The van der Waals surface area contributed by atoms with Gasteiger partial charge in [-0.2, -0.15) is 8.42 Å². The standard InChI is InChI=1S/C47H75NO17.C13H17N5O8S2.CHBrCl2/c1-27-17-15-13-11-9-7-5-6-8-10-12-14-16-18-34(64-46-44(58)41(48)43(57)30(4)63-46)24-38-40(45(59)60)37(54)26-47(61,65-38)25-36(53)35(52)20-19-31(49)21-32(50)22-33(51)23-39(55)62-29(3)28(2)42(27)56;1-5-7(10(20)18(5)28(23,24)25)16-9(19)8(6-4-27-12(14)15-6)17-26-13(2,3)11(21)22;2-1(3)4/h5-6,8,10-18,27-38,40-44,46,49-54,56-58,61H,7,9,19-26,48H2,1-4H3,(H,59,60);4-5,7H,1-3H3,(H2,14,15)(H,16,19)(H,21,22)(H,23,24,25);1H/b6-5+,10-8+,13-11+,14-12+,17-15+,18-16+;17-8-;/t27-,28-,29-,30+,31+,32+,33+,34-,35+,36+,37-,38-,40+,41-,42+,43+,44-,46-,47+;5-,7-;/m00./s1.